The molecule has 0 fully saturated rings. The third kappa shape index (κ3) is 1.32. The molecular formula is C10H12N2O2. The topological polar surface area (TPSA) is 65.1 Å². The summed E-state index contributed by atoms with van der Waals surface area (Å²) in [6.45, 7) is 0. The maximum atomic E-state index is 11.4. The molecule has 1 aliphatic rings. The number of fused-ring (bicyclic) bond motifs is 1. The predicted octanol–water partition coefficient (Wildman–Crippen LogP) is 0.654. The zero-order chi connectivity index (χ0) is 10.1. The molecule has 1 heterocycles. The van der Waals surface area contributed by atoms with E-state index in [9.17, 15) is 9.59 Å². The molecule has 0 unspecified atom stereocenters. The number of hydrogen-bond acceptors (Lipinski definition) is 2. The van der Waals surface area contributed by atoms with Gasteiger partial charge >= 0.3 is 6.03 Å². The largest absolute Gasteiger partial charge is 0.351 e. The highest BCUT2D eigenvalue weighted by atomic mass is 16.2. The van der Waals surface area contributed by atoms with E-state index in [0.717, 1.165) is 41.5 Å². The Morgan fingerprint density at radius 2 is 2.00 bits per heavy atom. The van der Waals surface area contributed by atoms with E-state index in [1.54, 1.807) is 6.07 Å². The van der Waals surface area contributed by atoms with E-state index in [1.165, 1.54) is 6.07 Å². The van der Waals surface area contributed by atoms with E-state index in [1.807, 2.05) is 0 Å². The number of hydrogen-bond donors (Lipinski definition) is 1. The van der Waals surface area contributed by atoms with Gasteiger partial charge in [-0.05, 0) is 31.2 Å². The number of pyridine rings is 1. The Labute approximate surface area is 81.3 Å². The Morgan fingerprint density at radius 3 is 2.71 bits per heavy atom. The fourth-order valence-corrected chi connectivity index (χ4v) is 1.97. The molecule has 14 heavy (non-hydrogen) atoms. The minimum atomic E-state index is -0.672. The van der Waals surface area contributed by atoms with Gasteiger partial charge in [0.15, 0.2) is 0 Å². The van der Waals surface area contributed by atoms with Crippen molar-refractivity contribution < 1.29 is 4.79 Å². The number of aryl methyl sites for hydroxylation is 1. The summed E-state index contributed by atoms with van der Waals surface area (Å²) in [6, 6.07) is 2.54. The average molecular weight is 192 g/mol. The van der Waals surface area contributed by atoms with E-state index in [2.05, 4.69) is 0 Å². The number of carbonyl (C=O) groups is 1. The summed E-state index contributed by atoms with van der Waals surface area (Å²) < 4.78 is 1.09. The van der Waals surface area contributed by atoms with Gasteiger partial charge in [-0.15, -0.1) is 0 Å². The highest BCUT2D eigenvalue weighted by Gasteiger charge is 2.16. The summed E-state index contributed by atoms with van der Waals surface area (Å²) in [7, 11) is 0. The third-order valence-corrected chi connectivity index (χ3v) is 2.62. The van der Waals surface area contributed by atoms with E-state index in [4.69, 9.17) is 5.73 Å². The van der Waals surface area contributed by atoms with Crippen molar-refractivity contribution in [3.63, 3.8) is 0 Å². The number of nitrogens with zero attached hydrogens (tertiary/aromatic N) is 1. The van der Waals surface area contributed by atoms with Crippen molar-refractivity contribution in [2.75, 3.05) is 0 Å². The van der Waals surface area contributed by atoms with Crippen molar-refractivity contribution in [1.29, 1.82) is 0 Å². The van der Waals surface area contributed by atoms with Crippen molar-refractivity contribution in [3.8, 4) is 0 Å². The minimum Gasteiger partial charge on any atom is -0.351 e. The highest BCUT2D eigenvalue weighted by molar-refractivity contribution is 5.75. The maximum absolute atomic E-state index is 11.4. The smallest absolute Gasteiger partial charge is 0.326 e. The zero-order valence-electron chi connectivity index (χ0n) is 7.82. The first-order chi connectivity index (χ1) is 6.70. The molecule has 2 N–H and O–H groups in total. The maximum Gasteiger partial charge on any atom is 0.326 e. The van der Waals surface area contributed by atoms with Crippen LogP contribution in [0.3, 0.4) is 0 Å². The first-order valence-electron chi connectivity index (χ1n) is 4.74. The molecule has 1 aromatic rings. The lowest BCUT2D eigenvalue weighted by atomic mass is 9.96. The molecule has 0 atom stereocenters. The number of primary amides is 1. The molecule has 0 spiro atoms. The highest BCUT2D eigenvalue weighted by Crippen LogP contribution is 2.18. The van der Waals surface area contributed by atoms with Crippen molar-refractivity contribution in [1.82, 2.24) is 4.57 Å². The van der Waals surface area contributed by atoms with Crippen LogP contribution in [0.2, 0.25) is 0 Å². The Bertz CT molecular complexity index is 434. The molecule has 0 radical (unpaired) electrons. The van der Waals surface area contributed by atoms with Crippen LogP contribution >= 0.6 is 0 Å². The molecule has 0 saturated carbocycles. The van der Waals surface area contributed by atoms with Crippen LogP contribution in [0.1, 0.15) is 24.1 Å². The van der Waals surface area contributed by atoms with Gasteiger partial charge in [0.25, 0.3) is 5.56 Å². The lowest BCUT2D eigenvalue weighted by Gasteiger charge is -2.18. The van der Waals surface area contributed by atoms with E-state index in [-0.39, 0.29) is 5.56 Å². The normalized spacial score (nSPS) is 14.9. The summed E-state index contributed by atoms with van der Waals surface area (Å²) in [4.78, 5) is 22.5. The van der Waals surface area contributed by atoms with Gasteiger partial charge < -0.3 is 5.73 Å². The van der Waals surface area contributed by atoms with Gasteiger partial charge in [-0.1, -0.05) is 6.07 Å². The second-order valence-corrected chi connectivity index (χ2v) is 3.52. The summed E-state index contributed by atoms with van der Waals surface area (Å²) in [6.07, 6.45) is 3.84. The summed E-state index contributed by atoms with van der Waals surface area (Å²) in [5.41, 5.74) is 6.72. The van der Waals surface area contributed by atoms with Gasteiger partial charge in [0.2, 0.25) is 0 Å². The summed E-state index contributed by atoms with van der Waals surface area (Å²) in [5.74, 6) is 0. The molecule has 0 aliphatic heterocycles. The van der Waals surface area contributed by atoms with Crippen LogP contribution in [0.5, 0.6) is 0 Å². The SMILES string of the molecule is NC(=O)n1c2c(ccc1=O)CCCC2. The van der Waals surface area contributed by atoms with Crippen LogP contribution in [0.4, 0.5) is 4.79 Å². The van der Waals surface area contributed by atoms with Gasteiger partial charge in [0.1, 0.15) is 0 Å². The summed E-state index contributed by atoms with van der Waals surface area (Å²) >= 11 is 0. The van der Waals surface area contributed by atoms with Crippen molar-refractivity contribution in [2.24, 2.45) is 5.73 Å². The molecule has 2 rings (SSSR count). The Kier molecular flexibility index (Phi) is 2.11. The Morgan fingerprint density at radius 1 is 1.29 bits per heavy atom. The standard InChI is InChI=1S/C10H12N2O2/c11-10(14)12-8-4-2-1-3-7(8)5-6-9(12)13/h5-6H,1-4H2,(H2,11,14). The molecule has 0 aromatic carbocycles. The number of amides is 1. The van der Waals surface area contributed by atoms with Crippen LogP contribution < -0.4 is 11.3 Å². The fraction of sp³-hybridized carbons (Fsp3) is 0.400. The van der Waals surface area contributed by atoms with E-state index < -0.39 is 6.03 Å². The van der Waals surface area contributed by atoms with Gasteiger partial charge in [0.05, 0.1) is 0 Å². The van der Waals surface area contributed by atoms with Gasteiger partial charge in [-0.25, -0.2) is 9.36 Å². The number of rotatable bonds is 0. The van der Waals surface area contributed by atoms with Gasteiger partial charge in [-0.2, -0.15) is 0 Å². The minimum absolute atomic E-state index is 0.321. The molecular weight excluding hydrogens is 180 g/mol. The lowest BCUT2D eigenvalue weighted by Crippen LogP contribution is -2.35. The van der Waals surface area contributed by atoms with Crippen LogP contribution in [0.25, 0.3) is 0 Å². The first-order valence-corrected chi connectivity index (χ1v) is 4.74. The van der Waals surface area contributed by atoms with Crippen molar-refractivity contribution in [2.45, 2.75) is 25.7 Å². The zero-order valence-corrected chi connectivity index (χ0v) is 7.82. The van der Waals surface area contributed by atoms with Crippen LogP contribution in [-0.2, 0) is 12.8 Å². The first kappa shape index (κ1) is 8.99. The van der Waals surface area contributed by atoms with Gasteiger partial charge in [-0.3, -0.25) is 4.79 Å². The van der Waals surface area contributed by atoms with Crippen molar-refractivity contribution >= 4 is 6.03 Å². The van der Waals surface area contributed by atoms with Gasteiger partial charge in [0, 0.05) is 11.8 Å². The molecule has 1 aromatic heterocycles. The monoisotopic (exact) mass is 192 g/mol. The average Bonchev–Trinajstić information content (AvgIpc) is 2.17. The second-order valence-electron chi connectivity index (χ2n) is 3.52. The second kappa shape index (κ2) is 3.29. The fourth-order valence-electron chi connectivity index (χ4n) is 1.97. The molecule has 1 aliphatic carbocycles. The Balaban J connectivity index is 2.67. The molecule has 4 heteroatoms. The molecule has 0 saturated heterocycles. The number of nitrogens with two attached hydrogens (primary N) is 1. The molecule has 4 nitrogen and oxygen atoms in total. The Hall–Kier alpha value is -1.58. The van der Waals surface area contributed by atoms with Crippen LogP contribution in [0, 0.1) is 0 Å². The quantitative estimate of drug-likeness (QED) is 0.656. The van der Waals surface area contributed by atoms with Crippen LogP contribution in [-0.4, -0.2) is 10.6 Å². The van der Waals surface area contributed by atoms with Crippen LogP contribution in [0.15, 0.2) is 16.9 Å². The number of aromatic nitrogens is 1. The van der Waals surface area contributed by atoms with E-state index >= 15 is 0 Å². The van der Waals surface area contributed by atoms with Crippen molar-refractivity contribution in [3.05, 3.63) is 33.7 Å². The third-order valence-electron chi connectivity index (χ3n) is 2.62. The van der Waals surface area contributed by atoms with E-state index in [0.29, 0.717) is 0 Å². The lowest BCUT2D eigenvalue weighted by molar-refractivity contribution is 0.248. The molecule has 0 bridgehead atoms. The summed E-state index contributed by atoms with van der Waals surface area (Å²) in [5, 5.41) is 0. The number of carbonyl (C=O) groups excluding carboxylic acids is 1. The predicted molar refractivity (Wildman–Crippen MR) is 52.3 cm³/mol. The molecule has 74 valence electrons. The molecule has 1 amide bonds.